The summed E-state index contributed by atoms with van der Waals surface area (Å²) in [6, 6.07) is 9.07. The number of aromatic nitrogens is 1. The Morgan fingerprint density at radius 1 is 1.33 bits per heavy atom. The smallest absolute Gasteiger partial charge is 0.168 e. The van der Waals surface area contributed by atoms with Crippen LogP contribution in [0, 0.1) is 6.92 Å². The third-order valence-corrected chi connectivity index (χ3v) is 3.18. The maximum Gasteiger partial charge on any atom is 0.168 e. The van der Waals surface area contributed by atoms with Crippen LogP contribution in [0.25, 0.3) is 0 Å². The molecular weight excluding hydrogens is 314 g/mol. The molecule has 4 heteroatoms. The molecule has 0 aliphatic rings. The minimum absolute atomic E-state index is 0.0235. The second-order valence-corrected chi connectivity index (χ2v) is 5.44. The molecule has 92 valence electrons. The maximum absolute atomic E-state index is 12.1. The number of carbonyl (C=O) groups excluding carboxylic acids is 1. The van der Waals surface area contributed by atoms with Gasteiger partial charge in [0.2, 0.25) is 0 Å². The van der Waals surface area contributed by atoms with Gasteiger partial charge in [-0.2, -0.15) is 0 Å². The summed E-state index contributed by atoms with van der Waals surface area (Å²) in [5.41, 5.74) is 2.36. The first kappa shape index (κ1) is 13.2. The molecule has 0 N–H and O–H groups in total. The summed E-state index contributed by atoms with van der Waals surface area (Å²) in [4.78, 5) is 16.3. The quantitative estimate of drug-likeness (QED) is 0.791. The van der Waals surface area contributed by atoms with Gasteiger partial charge in [0.05, 0.1) is 6.42 Å². The van der Waals surface area contributed by atoms with Gasteiger partial charge in [0.15, 0.2) is 5.78 Å². The van der Waals surface area contributed by atoms with E-state index >= 15 is 0 Å². The lowest BCUT2D eigenvalue weighted by Gasteiger charge is -2.03. The summed E-state index contributed by atoms with van der Waals surface area (Å²) in [7, 11) is 0. The minimum atomic E-state index is 0.0235. The molecule has 0 saturated carbocycles. The standard InChI is InChI=1S/C14H11BrClNO/c1-9-4-10(6-12(16)5-9)14(18)7-13-3-2-11(15)8-17-13/h2-6,8H,7H2,1H3. The number of aryl methyl sites for hydroxylation is 1. The molecule has 0 unspecified atom stereocenters. The van der Waals surface area contributed by atoms with Crippen LogP contribution in [0.1, 0.15) is 21.6 Å². The van der Waals surface area contributed by atoms with Gasteiger partial charge in [0, 0.05) is 26.9 Å². The second kappa shape index (κ2) is 5.63. The van der Waals surface area contributed by atoms with E-state index in [0.717, 1.165) is 15.7 Å². The van der Waals surface area contributed by atoms with Crippen LogP contribution in [0.5, 0.6) is 0 Å². The average Bonchev–Trinajstić information content (AvgIpc) is 2.31. The van der Waals surface area contributed by atoms with Crippen molar-refractivity contribution in [3.63, 3.8) is 0 Å². The maximum atomic E-state index is 12.1. The lowest BCUT2D eigenvalue weighted by Crippen LogP contribution is -2.05. The molecule has 1 aromatic carbocycles. The monoisotopic (exact) mass is 323 g/mol. The van der Waals surface area contributed by atoms with Crippen molar-refractivity contribution in [3.8, 4) is 0 Å². The number of ketones is 1. The van der Waals surface area contributed by atoms with E-state index in [2.05, 4.69) is 20.9 Å². The molecule has 0 bridgehead atoms. The van der Waals surface area contributed by atoms with Crippen LogP contribution < -0.4 is 0 Å². The van der Waals surface area contributed by atoms with Gasteiger partial charge in [0.1, 0.15) is 0 Å². The number of Topliss-reactive ketones (excluding diaryl/α,β-unsaturated/α-hetero) is 1. The summed E-state index contributed by atoms with van der Waals surface area (Å²) in [6.07, 6.45) is 1.97. The Labute approximate surface area is 119 Å². The summed E-state index contributed by atoms with van der Waals surface area (Å²) in [6.45, 7) is 1.92. The number of hydrogen-bond donors (Lipinski definition) is 0. The average molecular weight is 325 g/mol. The molecule has 2 aromatic rings. The van der Waals surface area contributed by atoms with E-state index in [1.165, 1.54) is 0 Å². The fraction of sp³-hybridized carbons (Fsp3) is 0.143. The molecule has 18 heavy (non-hydrogen) atoms. The van der Waals surface area contributed by atoms with E-state index < -0.39 is 0 Å². The van der Waals surface area contributed by atoms with Gasteiger partial charge < -0.3 is 0 Å². The molecule has 0 atom stereocenters. The Kier molecular flexibility index (Phi) is 4.15. The molecule has 0 aliphatic heterocycles. The van der Waals surface area contributed by atoms with Crippen LogP contribution in [0.3, 0.4) is 0 Å². The summed E-state index contributed by atoms with van der Waals surface area (Å²) >= 11 is 9.25. The highest BCUT2D eigenvalue weighted by atomic mass is 79.9. The largest absolute Gasteiger partial charge is 0.294 e. The Morgan fingerprint density at radius 3 is 2.72 bits per heavy atom. The van der Waals surface area contributed by atoms with Gasteiger partial charge in [-0.05, 0) is 58.7 Å². The van der Waals surface area contributed by atoms with Crippen molar-refractivity contribution in [3.05, 3.63) is 62.8 Å². The lowest BCUT2D eigenvalue weighted by molar-refractivity contribution is 0.0992. The molecule has 1 heterocycles. The van der Waals surface area contributed by atoms with Crippen LogP contribution in [0.2, 0.25) is 5.02 Å². The molecule has 0 aliphatic carbocycles. The van der Waals surface area contributed by atoms with Gasteiger partial charge in [-0.25, -0.2) is 0 Å². The van der Waals surface area contributed by atoms with Gasteiger partial charge >= 0.3 is 0 Å². The molecule has 2 rings (SSSR count). The van der Waals surface area contributed by atoms with Crippen molar-refractivity contribution in [2.45, 2.75) is 13.3 Å². The van der Waals surface area contributed by atoms with Crippen molar-refractivity contribution in [2.75, 3.05) is 0 Å². The third kappa shape index (κ3) is 3.40. The molecule has 0 fully saturated rings. The Bertz CT molecular complexity index is 561. The summed E-state index contributed by atoms with van der Waals surface area (Å²) < 4.78 is 0.900. The van der Waals surface area contributed by atoms with Gasteiger partial charge in [-0.1, -0.05) is 11.6 Å². The van der Waals surface area contributed by atoms with E-state index in [-0.39, 0.29) is 12.2 Å². The SMILES string of the molecule is Cc1cc(Cl)cc(C(=O)Cc2ccc(Br)cn2)c1. The predicted octanol–water partition coefficient (Wildman–Crippen LogP) is 4.23. The zero-order valence-corrected chi connectivity index (χ0v) is 12.1. The highest BCUT2D eigenvalue weighted by Crippen LogP contribution is 2.16. The van der Waals surface area contributed by atoms with Crippen molar-refractivity contribution in [1.82, 2.24) is 4.98 Å². The number of hydrogen-bond acceptors (Lipinski definition) is 2. The van der Waals surface area contributed by atoms with E-state index in [9.17, 15) is 4.79 Å². The fourth-order valence-electron chi connectivity index (χ4n) is 1.67. The normalized spacial score (nSPS) is 10.4. The number of rotatable bonds is 3. The predicted molar refractivity (Wildman–Crippen MR) is 76.2 cm³/mol. The van der Waals surface area contributed by atoms with Gasteiger partial charge in [0.25, 0.3) is 0 Å². The first-order valence-electron chi connectivity index (χ1n) is 5.45. The second-order valence-electron chi connectivity index (χ2n) is 4.08. The Balaban J connectivity index is 2.19. The highest BCUT2D eigenvalue weighted by molar-refractivity contribution is 9.10. The van der Waals surface area contributed by atoms with Crippen LogP contribution in [0.4, 0.5) is 0 Å². The molecule has 2 nitrogen and oxygen atoms in total. The fourth-order valence-corrected chi connectivity index (χ4v) is 2.20. The van der Waals surface area contributed by atoms with Crippen LogP contribution in [-0.4, -0.2) is 10.8 Å². The molecule has 0 spiro atoms. The first-order chi connectivity index (χ1) is 8.54. The lowest BCUT2D eigenvalue weighted by atomic mass is 10.0. The number of carbonyl (C=O) groups is 1. The molecule has 0 amide bonds. The zero-order chi connectivity index (χ0) is 13.1. The molecule has 1 aromatic heterocycles. The van der Waals surface area contributed by atoms with Gasteiger partial charge in [-0.15, -0.1) is 0 Å². The van der Waals surface area contributed by atoms with Crippen molar-refractivity contribution in [1.29, 1.82) is 0 Å². The van der Waals surface area contributed by atoms with E-state index in [1.54, 1.807) is 12.3 Å². The van der Waals surface area contributed by atoms with Crippen molar-refractivity contribution in [2.24, 2.45) is 0 Å². The summed E-state index contributed by atoms with van der Waals surface area (Å²) in [5, 5.41) is 0.585. The molecule has 0 radical (unpaired) electrons. The van der Waals surface area contributed by atoms with Crippen molar-refractivity contribution >= 4 is 33.3 Å². The van der Waals surface area contributed by atoms with E-state index in [4.69, 9.17) is 11.6 Å². The van der Waals surface area contributed by atoms with Crippen LogP contribution >= 0.6 is 27.5 Å². The number of benzene rings is 1. The zero-order valence-electron chi connectivity index (χ0n) is 9.78. The Morgan fingerprint density at radius 2 is 2.11 bits per heavy atom. The summed E-state index contributed by atoms with van der Waals surface area (Å²) in [5.74, 6) is 0.0235. The molecule has 0 saturated heterocycles. The van der Waals surface area contributed by atoms with Crippen molar-refractivity contribution < 1.29 is 4.79 Å². The molecular formula is C14H11BrClNO. The van der Waals surface area contributed by atoms with E-state index in [0.29, 0.717) is 10.6 Å². The van der Waals surface area contributed by atoms with Crippen LogP contribution in [-0.2, 0) is 6.42 Å². The number of halogens is 2. The van der Waals surface area contributed by atoms with E-state index in [1.807, 2.05) is 31.2 Å². The van der Waals surface area contributed by atoms with Crippen LogP contribution in [0.15, 0.2) is 41.0 Å². The minimum Gasteiger partial charge on any atom is -0.294 e. The number of pyridine rings is 1. The third-order valence-electron chi connectivity index (χ3n) is 2.49. The Hall–Kier alpha value is -1.19. The number of nitrogens with zero attached hydrogens (tertiary/aromatic N) is 1. The first-order valence-corrected chi connectivity index (χ1v) is 6.62. The highest BCUT2D eigenvalue weighted by Gasteiger charge is 2.09. The van der Waals surface area contributed by atoms with Gasteiger partial charge in [-0.3, -0.25) is 9.78 Å². The topological polar surface area (TPSA) is 30.0 Å².